The molecule has 0 unspecified atom stereocenters. The van der Waals surface area contributed by atoms with Gasteiger partial charge in [0.15, 0.2) is 17.5 Å². The Morgan fingerprint density at radius 1 is 0.189 bits per heavy atom. The van der Waals surface area contributed by atoms with Crippen LogP contribution < -0.4 is 0 Å². The fourth-order valence-electron chi connectivity index (χ4n) is 10.8. The lowest BCUT2D eigenvalue weighted by Gasteiger charge is -2.14. The summed E-state index contributed by atoms with van der Waals surface area (Å²) in [6.45, 7) is 0. The highest BCUT2D eigenvalue weighted by atomic mass is 15.0. The van der Waals surface area contributed by atoms with Crippen molar-refractivity contribution >= 4 is 43.6 Å². The van der Waals surface area contributed by atoms with Crippen molar-refractivity contribution in [2.24, 2.45) is 0 Å². The maximum absolute atomic E-state index is 5.23. The Kier molecular flexibility index (Phi) is 10.4. The highest BCUT2D eigenvalue weighted by Crippen LogP contribution is 2.40. The number of para-hydroxylation sites is 4. The summed E-state index contributed by atoms with van der Waals surface area (Å²) in [5.74, 6) is 1.85. The molecule has 11 aromatic carbocycles. The summed E-state index contributed by atoms with van der Waals surface area (Å²) in [5.41, 5.74) is 18.7. The normalized spacial score (nSPS) is 11.5. The molecule has 5 heteroatoms. The molecule has 0 aliphatic rings. The van der Waals surface area contributed by atoms with E-state index in [9.17, 15) is 0 Å². The molecule has 0 N–H and O–H groups in total. The molecule has 74 heavy (non-hydrogen) atoms. The molecular formula is C69H45N5. The van der Waals surface area contributed by atoms with Gasteiger partial charge < -0.3 is 9.13 Å². The summed E-state index contributed by atoms with van der Waals surface area (Å²) in [6.07, 6.45) is 0. The van der Waals surface area contributed by atoms with E-state index in [-0.39, 0.29) is 0 Å². The SMILES string of the molecule is c1ccc(-c2nc(-c3ccccc3)nc(-c3cc(-c4cccc(-c5ccc6c(c5)c5ccccc5n6-c5ccccc5)c4)cc(-c4cccc(-c5ccc6c(c5)c5ccccc5n6-c5ccccc5)c4)c3)n2)cc1. The van der Waals surface area contributed by atoms with Gasteiger partial charge >= 0.3 is 0 Å². The molecule has 0 aliphatic heterocycles. The van der Waals surface area contributed by atoms with Crippen molar-refractivity contribution in [2.45, 2.75) is 0 Å². The van der Waals surface area contributed by atoms with Gasteiger partial charge in [-0.1, -0.05) is 182 Å². The van der Waals surface area contributed by atoms with Crippen LogP contribution >= 0.6 is 0 Å². The average molecular weight is 944 g/mol. The first kappa shape index (κ1) is 42.9. The first-order chi connectivity index (χ1) is 36.7. The number of benzene rings is 11. The molecule has 0 fully saturated rings. The first-order valence-electron chi connectivity index (χ1n) is 25.1. The Morgan fingerprint density at radius 3 is 0.919 bits per heavy atom. The van der Waals surface area contributed by atoms with Crippen LogP contribution in [0.1, 0.15) is 0 Å². The molecule has 14 rings (SSSR count). The quantitative estimate of drug-likeness (QED) is 0.145. The minimum absolute atomic E-state index is 0.605. The Labute approximate surface area is 428 Å². The molecule has 3 aromatic heterocycles. The van der Waals surface area contributed by atoms with Gasteiger partial charge in [0.25, 0.3) is 0 Å². The molecule has 0 spiro atoms. The summed E-state index contributed by atoms with van der Waals surface area (Å²) in [5, 5.41) is 4.89. The van der Waals surface area contributed by atoms with E-state index in [1.807, 2.05) is 36.4 Å². The van der Waals surface area contributed by atoms with E-state index in [1.165, 1.54) is 43.6 Å². The summed E-state index contributed by atoms with van der Waals surface area (Å²) in [7, 11) is 0. The van der Waals surface area contributed by atoms with Crippen molar-refractivity contribution in [3.05, 3.63) is 273 Å². The van der Waals surface area contributed by atoms with Gasteiger partial charge in [-0.3, -0.25) is 0 Å². The summed E-state index contributed by atoms with van der Waals surface area (Å²) in [4.78, 5) is 15.5. The van der Waals surface area contributed by atoms with Crippen LogP contribution in [0.2, 0.25) is 0 Å². The van der Waals surface area contributed by atoms with Crippen LogP contribution in [0, 0.1) is 0 Å². The molecule has 0 radical (unpaired) electrons. The third kappa shape index (κ3) is 7.63. The lowest BCUT2D eigenvalue weighted by Crippen LogP contribution is -2.00. The second-order valence-electron chi connectivity index (χ2n) is 18.8. The molecule has 346 valence electrons. The Balaban J connectivity index is 0.924. The minimum atomic E-state index is 0.605. The second kappa shape index (κ2) is 18.0. The summed E-state index contributed by atoms with van der Waals surface area (Å²) >= 11 is 0. The molecule has 5 nitrogen and oxygen atoms in total. The van der Waals surface area contributed by atoms with Gasteiger partial charge in [-0.05, 0) is 136 Å². The van der Waals surface area contributed by atoms with Crippen molar-refractivity contribution in [3.8, 4) is 90.0 Å². The van der Waals surface area contributed by atoms with Crippen LogP contribution in [-0.2, 0) is 0 Å². The Morgan fingerprint density at radius 2 is 0.486 bits per heavy atom. The third-order valence-corrected chi connectivity index (χ3v) is 14.3. The summed E-state index contributed by atoms with van der Waals surface area (Å²) in [6, 6.07) is 97.4. The number of fused-ring (bicyclic) bond motifs is 6. The van der Waals surface area contributed by atoms with Crippen LogP contribution in [0.5, 0.6) is 0 Å². The molecule has 14 aromatic rings. The average Bonchev–Trinajstić information content (AvgIpc) is 4.02. The summed E-state index contributed by atoms with van der Waals surface area (Å²) < 4.78 is 4.73. The molecule has 0 saturated carbocycles. The van der Waals surface area contributed by atoms with E-state index in [0.717, 1.165) is 72.6 Å². The molecule has 0 saturated heterocycles. The van der Waals surface area contributed by atoms with Gasteiger partial charge in [0.1, 0.15) is 0 Å². The van der Waals surface area contributed by atoms with Gasteiger partial charge in [-0.15, -0.1) is 0 Å². The molecule has 0 bridgehead atoms. The van der Waals surface area contributed by atoms with E-state index < -0.39 is 0 Å². The Bertz CT molecular complexity index is 4130. The zero-order valence-electron chi connectivity index (χ0n) is 40.2. The molecule has 3 heterocycles. The largest absolute Gasteiger partial charge is 0.309 e. The van der Waals surface area contributed by atoms with E-state index in [0.29, 0.717) is 17.5 Å². The standard InChI is InChI=1S/C69H45N5/c1-5-19-46(20-6-1)67-70-68(47-21-7-2-8-22-47)72-69(71-67)56-42-54(50-25-17-23-48(39-50)52-35-37-65-61(44-52)59-31-13-15-33-63(59)73(65)57-27-9-3-10-28-57)41-55(43-56)51-26-18-24-49(40-51)53-36-38-66-62(45-53)60-32-14-16-34-64(60)74(66)58-29-11-4-12-30-58/h1-45H. The van der Waals surface area contributed by atoms with E-state index >= 15 is 0 Å². The van der Waals surface area contributed by atoms with Crippen LogP contribution in [0.25, 0.3) is 134 Å². The predicted molar refractivity (Wildman–Crippen MR) is 307 cm³/mol. The zero-order valence-corrected chi connectivity index (χ0v) is 40.2. The van der Waals surface area contributed by atoms with E-state index in [4.69, 9.17) is 15.0 Å². The highest BCUT2D eigenvalue weighted by molar-refractivity contribution is 6.11. The number of hydrogen-bond donors (Lipinski definition) is 0. The van der Waals surface area contributed by atoms with Crippen LogP contribution in [0.3, 0.4) is 0 Å². The van der Waals surface area contributed by atoms with Crippen LogP contribution in [0.15, 0.2) is 273 Å². The minimum Gasteiger partial charge on any atom is -0.309 e. The van der Waals surface area contributed by atoms with E-state index in [1.54, 1.807) is 0 Å². The molecule has 0 aliphatic carbocycles. The number of aromatic nitrogens is 5. The first-order valence-corrected chi connectivity index (χ1v) is 25.1. The monoisotopic (exact) mass is 943 g/mol. The lowest BCUT2D eigenvalue weighted by atomic mass is 9.92. The van der Waals surface area contributed by atoms with Gasteiger partial charge in [-0.2, -0.15) is 0 Å². The second-order valence-corrected chi connectivity index (χ2v) is 18.8. The van der Waals surface area contributed by atoms with Crippen molar-refractivity contribution in [1.29, 1.82) is 0 Å². The van der Waals surface area contributed by atoms with Crippen LogP contribution in [-0.4, -0.2) is 24.1 Å². The maximum Gasteiger partial charge on any atom is 0.164 e. The van der Waals surface area contributed by atoms with Gasteiger partial charge in [-0.25, -0.2) is 15.0 Å². The van der Waals surface area contributed by atoms with Gasteiger partial charge in [0.05, 0.1) is 22.1 Å². The smallest absolute Gasteiger partial charge is 0.164 e. The third-order valence-electron chi connectivity index (χ3n) is 14.3. The lowest BCUT2D eigenvalue weighted by molar-refractivity contribution is 1.07. The van der Waals surface area contributed by atoms with Crippen LogP contribution in [0.4, 0.5) is 0 Å². The van der Waals surface area contributed by atoms with Gasteiger partial charge in [0, 0.05) is 49.6 Å². The zero-order chi connectivity index (χ0) is 49.0. The predicted octanol–water partition coefficient (Wildman–Crippen LogP) is 17.7. The number of nitrogens with zero attached hydrogens (tertiary/aromatic N) is 5. The Hall–Kier alpha value is -9.97. The molecule has 0 amide bonds. The number of hydrogen-bond acceptors (Lipinski definition) is 3. The fraction of sp³-hybridized carbons (Fsp3) is 0. The number of rotatable bonds is 9. The van der Waals surface area contributed by atoms with Crippen molar-refractivity contribution in [2.75, 3.05) is 0 Å². The van der Waals surface area contributed by atoms with Gasteiger partial charge in [0.2, 0.25) is 0 Å². The van der Waals surface area contributed by atoms with Crippen molar-refractivity contribution < 1.29 is 0 Å². The fourth-order valence-corrected chi connectivity index (χ4v) is 10.8. The molecular weight excluding hydrogens is 899 g/mol. The van der Waals surface area contributed by atoms with Crippen molar-refractivity contribution in [1.82, 2.24) is 24.1 Å². The van der Waals surface area contributed by atoms with E-state index in [2.05, 4.69) is 246 Å². The maximum atomic E-state index is 5.23. The topological polar surface area (TPSA) is 48.5 Å². The molecule has 0 atom stereocenters. The van der Waals surface area contributed by atoms with Crippen molar-refractivity contribution in [3.63, 3.8) is 0 Å². The highest BCUT2D eigenvalue weighted by Gasteiger charge is 2.18.